The average Bonchev–Trinajstić information content (AvgIpc) is 3.27. The van der Waals surface area contributed by atoms with Crippen molar-refractivity contribution < 1.29 is 19.1 Å². The number of allylic oxidation sites excluding steroid dienone is 2. The van der Waals surface area contributed by atoms with Crippen LogP contribution in [-0.4, -0.2) is 17.8 Å². The summed E-state index contributed by atoms with van der Waals surface area (Å²) in [6, 6.07) is 10.1. The molecular weight excluding hydrogens is 374 g/mol. The van der Waals surface area contributed by atoms with Gasteiger partial charge in [-0.15, -0.1) is 11.3 Å². The van der Waals surface area contributed by atoms with Gasteiger partial charge in [0.2, 0.25) is 11.8 Å². The molecule has 2 bridgehead atoms. The van der Waals surface area contributed by atoms with Crippen LogP contribution in [0.2, 0.25) is 0 Å². The number of benzene rings is 1. The van der Waals surface area contributed by atoms with Crippen molar-refractivity contribution in [2.45, 2.75) is 6.42 Å². The maximum absolute atomic E-state index is 13.1. The second kappa shape index (κ2) is 5.64. The lowest BCUT2D eigenvalue weighted by Gasteiger charge is -2.37. The first-order valence-electron chi connectivity index (χ1n) is 9.55. The predicted octanol–water partition coefficient (Wildman–Crippen LogP) is 3.52. The molecule has 3 fully saturated rings. The minimum Gasteiger partial charge on any atom is -0.422 e. The molecule has 1 saturated heterocycles. The van der Waals surface area contributed by atoms with Gasteiger partial charge < -0.3 is 4.74 Å². The van der Waals surface area contributed by atoms with Crippen LogP contribution in [0.15, 0.2) is 53.9 Å². The number of carbonyl (C=O) groups is 3. The van der Waals surface area contributed by atoms with E-state index in [1.807, 2.05) is 5.38 Å². The number of amides is 2. The molecule has 2 aromatic rings. The molecule has 1 aliphatic heterocycles. The Labute approximate surface area is 165 Å². The number of carbonyl (C=O) groups excluding carboxylic acids is 3. The van der Waals surface area contributed by atoms with E-state index in [1.165, 1.54) is 16.2 Å². The Kier molecular flexibility index (Phi) is 3.27. The van der Waals surface area contributed by atoms with Crippen LogP contribution in [0, 0.1) is 35.5 Å². The van der Waals surface area contributed by atoms with Gasteiger partial charge in [0.1, 0.15) is 10.6 Å². The number of thiophene rings is 1. The first-order chi connectivity index (χ1) is 13.6. The van der Waals surface area contributed by atoms with Crippen LogP contribution in [0.4, 0.5) is 5.69 Å². The summed E-state index contributed by atoms with van der Waals surface area (Å²) in [5.41, 5.74) is 0.549. The minimum absolute atomic E-state index is 0.0805. The van der Waals surface area contributed by atoms with Gasteiger partial charge in [-0.2, -0.15) is 0 Å². The van der Waals surface area contributed by atoms with E-state index >= 15 is 0 Å². The van der Waals surface area contributed by atoms with Crippen molar-refractivity contribution in [1.82, 2.24) is 0 Å². The Hall–Kier alpha value is -2.73. The molecule has 1 aromatic heterocycles. The zero-order chi connectivity index (χ0) is 19.0. The number of hydrogen-bond donors (Lipinski definition) is 0. The van der Waals surface area contributed by atoms with Gasteiger partial charge in [-0.1, -0.05) is 18.2 Å². The molecule has 28 heavy (non-hydrogen) atoms. The van der Waals surface area contributed by atoms with Crippen molar-refractivity contribution in [2.24, 2.45) is 35.5 Å². The Bertz CT molecular complexity index is 989. The number of esters is 1. The molecule has 6 heteroatoms. The molecule has 0 N–H and O–H groups in total. The molecule has 6 unspecified atom stereocenters. The second-order valence-corrected chi connectivity index (χ2v) is 8.97. The largest absolute Gasteiger partial charge is 0.422 e. The number of hydrogen-bond acceptors (Lipinski definition) is 5. The van der Waals surface area contributed by atoms with E-state index in [1.54, 1.807) is 36.4 Å². The number of imide groups is 1. The Morgan fingerprint density at radius 3 is 2.18 bits per heavy atom. The Morgan fingerprint density at radius 2 is 1.61 bits per heavy atom. The molecule has 7 rings (SSSR count). The quantitative estimate of drug-likeness (QED) is 0.348. The predicted molar refractivity (Wildman–Crippen MR) is 103 cm³/mol. The van der Waals surface area contributed by atoms with Crippen LogP contribution in [0.25, 0.3) is 0 Å². The van der Waals surface area contributed by atoms with Crippen LogP contribution in [0.3, 0.4) is 0 Å². The fraction of sp³-hybridized carbons (Fsp3) is 0.318. The van der Waals surface area contributed by atoms with E-state index in [2.05, 4.69) is 12.2 Å². The van der Waals surface area contributed by atoms with E-state index in [4.69, 9.17) is 4.74 Å². The highest BCUT2D eigenvalue weighted by molar-refractivity contribution is 7.12. The summed E-state index contributed by atoms with van der Waals surface area (Å²) in [4.78, 5) is 40.2. The summed E-state index contributed by atoms with van der Waals surface area (Å²) in [5.74, 6) is 1.01. The van der Waals surface area contributed by atoms with Crippen molar-refractivity contribution in [3.05, 3.63) is 58.8 Å². The van der Waals surface area contributed by atoms with Crippen LogP contribution in [0.5, 0.6) is 5.75 Å². The van der Waals surface area contributed by atoms with Gasteiger partial charge in [-0.05, 0) is 65.8 Å². The van der Waals surface area contributed by atoms with Gasteiger partial charge in [0.25, 0.3) is 0 Å². The lowest BCUT2D eigenvalue weighted by atomic mass is 9.63. The van der Waals surface area contributed by atoms with Crippen molar-refractivity contribution in [1.29, 1.82) is 0 Å². The molecule has 140 valence electrons. The molecule has 5 aliphatic rings. The van der Waals surface area contributed by atoms with Crippen molar-refractivity contribution >= 4 is 34.8 Å². The first-order valence-corrected chi connectivity index (χ1v) is 10.4. The minimum atomic E-state index is -0.413. The molecule has 5 nitrogen and oxygen atoms in total. The molecular formula is C22H17NO4S. The van der Waals surface area contributed by atoms with E-state index in [0.717, 1.165) is 6.42 Å². The van der Waals surface area contributed by atoms with Crippen molar-refractivity contribution in [3.8, 4) is 5.75 Å². The number of rotatable bonds is 3. The van der Waals surface area contributed by atoms with Crippen LogP contribution < -0.4 is 9.64 Å². The topological polar surface area (TPSA) is 63.7 Å². The third-order valence-corrected chi connectivity index (χ3v) is 7.54. The van der Waals surface area contributed by atoms with Gasteiger partial charge >= 0.3 is 5.97 Å². The second-order valence-electron chi connectivity index (χ2n) is 8.03. The average molecular weight is 391 g/mol. The van der Waals surface area contributed by atoms with Crippen LogP contribution in [0.1, 0.15) is 16.1 Å². The Balaban J connectivity index is 1.25. The summed E-state index contributed by atoms with van der Waals surface area (Å²) < 4.78 is 5.36. The Morgan fingerprint density at radius 1 is 0.964 bits per heavy atom. The molecule has 0 spiro atoms. The molecule has 2 saturated carbocycles. The van der Waals surface area contributed by atoms with Gasteiger partial charge in [0.05, 0.1) is 17.5 Å². The van der Waals surface area contributed by atoms with E-state index in [9.17, 15) is 14.4 Å². The lowest BCUT2D eigenvalue weighted by molar-refractivity contribution is -0.124. The molecule has 1 aromatic carbocycles. The molecule has 2 amide bonds. The summed E-state index contributed by atoms with van der Waals surface area (Å²) in [6.45, 7) is 0. The zero-order valence-electron chi connectivity index (χ0n) is 14.9. The maximum Gasteiger partial charge on any atom is 0.353 e. The summed E-state index contributed by atoms with van der Waals surface area (Å²) in [6.07, 6.45) is 5.49. The molecule has 6 atom stereocenters. The number of nitrogens with zero attached hydrogens (tertiary/aromatic N) is 1. The van der Waals surface area contributed by atoms with Gasteiger partial charge in [-0.3, -0.25) is 14.5 Å². The maximum atomic E-state index is 13.1. The normalized spacial score (nSPS) is 34.4. The lowest BCUT2D eigenvalue weighted by Crippen LogP contribution is -2.40. The number of ether oxygens (including phenoxy) is 1. The monoisotopic (exact) mass is 391 g/mol. The van der Waals surface area contributed by atoms with Crippen molar-refractivity contribution in [3.63, 3.8) is 0 Å². The summed E-state index contributed by atoms with van der Waals surface area (Å²) in [5, 5.41) is 1.82. The van der Waals surface area contributed by atoms with Gasteiger partial charge in [0.15, 0.2) is 0 Å². The molecule has 2 heterocycles. The SMILES string of the molecule is O=C(Oc1ccc(N2C(=O)C3C4C=CC(C5CC45)C3C2=O)cc1)c1cccs1. The summed E-state index contributed by atoms with van der Waals surface area (Å²) in [7, 11) is 0. The standard InChI is InChI=1S/C22H17NO4S/c24-20-18-13-7-8-14(16-10-15(13)16)19(18)21(25)23(20)11-3-5-12(6-4-11)27-22(26)17-2-1-9-28-17/h1-9,13-16,18-19H,10H2. The highest BCUT2D eigenvalue weighted by atomic mass is 32.1. The third kappa shape index (κ3) is 2.15. The fourth-order valence-electron chi connectivity index (χ4n) is 5.43. The zero-order valence-corrected chi connectivity index (χ0v) is 15.7. The fourth-order valence-corrected chi connectivity index (χ4v) is 6.03. The highest BCUT2D eigenvalue weighted by Gasteiger charge is 2.67. The van der Waals surface area contributed by atoms with Gasteiger partial charge in [0, 0.05) is 0 Å². The smallest absolute Gasteiger partial charge is 0.353 e. The molecule has 0 radical (unpaired) electrons. The van der Waals surface area contributed by atoms with E-state index < -0.39 is 5.97 Å². The van der Waals surface area contributed by atoms with Gasteiger partial charge in [-0.25, -0.2) is 4.79 Å². The number of anilines is 1. The summed E-state index contributed by atoms with van der Waals surface area (Å²) >= 11 is 1.32. The third-order valence-electron chi connectivity index (χ3n) is 6.69. The highest BCUT2D eigenvalue weighted by Crippen LogP contribution is 2.65. The van der Waals surface area contributed by atoms with E-state index in [-0.39, 0.29) is 35.5 Å². The van der Waals surface area contributed by atoms with E-state index in [0.29, 0.717) is 28.1 Å². The molecule has 4 aliphatic carbocycles. The first kappa shape index (κ1) is 16.2. The van der Waals surface area contributed by atoms with Crippen molar-refractivity contribution in [2.75, 3.05) is 4.90 Å². The van der Waals surface area contributed by atoms with Crippen LogP contribution >= 0.6 is 11.3 Å². The van der Waals surface area contributed by atoms with Crippen LogP contribution in [-0.2, 0) is 9.59 Å².